The van der Waals surface area contributed by atoms with Crippen LogP contribution < -0.4 is 9.47 Å². The van der Waals surface area contributed by atoms with Gasteiger partial charge < -0.3 is 18.8 Å². The number of carbonyl (C=O) groups excluding carboxylic acids is 1. The van der Waals surface area contributed by atoms with Gasteiger partial charge in [-0.25, -0.2) is 4.39 Å². The molecule has 3 aromatic rings. The lowest BCUT2D eigenvalue weighted by Gasteiger charge is -2.20. The highest BCUT2D eigenvalue weighted by atomic mass is 19.1. The number of carbonyl (C=O) groups is 1. The fraction of sp³-hybridized carbons (Fsp3) is 0.227. The first-order chi connectivity index (χ1) is 13.5. The standard InChI is InChI=1S/C22H22FNO4/c1-4-24(14-15-5-10-19(26-2)21(13-15)27-3)22(25)20-12-11-18(28-20)16-6-8-17(23)9-7-16/h5-13H,4,14H2,1-3H3. The normalized spacial score (nSPS) is 10.6. The number of amides is 1. The highest BCUT2D eigenvalue weighted by molar-refractivity contribution is 5.92. The summed E-state index contributed by atoms with van der Waals surface area (Å²) >= 11 is 0. The van der Waals surface area contributed by atoms with Crippen molar-refractivity contribution >= 4 is 5.91 Å². The second-order valence-electron chi connectivity index (χ2n) is 6.18. The predicted octanol–water partition coefficient (Wildman–Crippen LogP) is 4.77. The van der Waals surface area contributed by atoms with Crippen molar-refractivity contribution < 1.29 is 23.1 Å². The first kappa shape index (κ1) is 19.5. The Labute approximate surface area is 163 Å². The molecule has 0 aliphatic carbocycles. The van der Waals surface area contributed by atoms with Crippen molar-refractivity contribution in [1.29, 1.82) is 0 Å². The molecule has 6 heteroatoms. The summed E-state index contributed by atoms with van der Waals surface area (Å²) in [7, 11) is 3.15. The van der Waals surface area contributed by atoms with Crippen molar-refractivity contribution in [2.24, 2.45) is 0 Å². The average molecular weight is 383 g/mol. The minimum atomic E-state index is -0.321. The van der Waals surface area contributed by atoms with E-state index in [2.05, 4.69) is 0 Å². The number of ether oxygens (including phenoxy) is 2. The summed E-state index contributed by atoms with van der Waals surface area (Å²) in [5, 5.41) is 0. The highest BCUT2D eigenvalue weighted by Gasteiger charge is 2.19. The van der Waals surface area contributed by atoms with Gasteiger partial charge in [0.2, 0.25) is 0 Å². The van der Waals surface area contributed by atoms with Gasteiger partial charge in [0.05, 0.1) is 14.2 Å². The molecule has 0 saturated heterocycles. The van der Waals surface area contributed by atoms with Crippen LogP contribution in [0.4, 0.5) is 4.39 Å². The molecule has 0 saturated carbocycles. The fourth-order valence-corrected chi connectivity index (χ4v) is 2.90. The molecule has 146 valence electrons. The van der Waals surface area contributed by atoms with Gasteiger partial charge in [0.25, 0.3) is 5.91 Å². The van der Waals surface area contributed by atoms with E-state index >= 15 is 0 Å². The van der Waals surface area contributed by atoms with Gasteiger partial charge in [-0.3, -0.25) is 4.79 Å². The van der Waals surface area contributed by atoms with E-state index in [1.165, 1.54) is 12.1 Å². The maximum Gasteiger partial charge on any atom is 0.289 e. The number of hydrogen-bond acceptors (Lipinski definition) is 4. The third-order valence-electron chi connectivity index (χ3n) is 4.44. The van der Waals surface area contributed by atoms with Crippen LogP contribution in [0, 0.1) is 5.82 Å². The van der Waals surface area contributed by atoms with Crippen LogP contribution in [0.15, 0.2) is 59.0 Å². The van der Waals surface area contributed by atoms with E-state index in [-0.39, 0.29) is 17.5 Å². The van der Waals surface area contributed by atoms with Gasteiger partial charge >= 0.3 is 0 Å². The molecule has 1 aromatic heterocycles. The van der Waals surface area contributed by atoms with Crippen LogP contribution in [0.1, 0.15) is 23.0 Å². The lowest BCUT2D eigenvalue weighted by molar-refractivity contribution is 0.0721. The Bertz CT molecular complexity index is 949. The van der Waals surface area contributed by atoms with Crippen molar-refractivity contribution in [3.8, 4) is 22.8 Å². The van der Waals surface area contributed by atoms with E-state index in [0.717, 1.165) is 5.56 Å². The van der Waals surface area contributed by atoms with Gasteiger partial charge in [-0.15, -0.1) is 0 Å². The Morgan fingerprint density at radius 2 is 1.71 bits per heavy atom. The second kappa shape index (κ2) is 8.61. The Morgan fingerprint density at radius 3 is 2.36 bits per heavy atom. The zero-order valence-electron chi connectivity index (χ0n) is 16.1. The summed E-state index contributed by atoms with van der Waals surface area (Å²) in [6.45, 7) is 2.82. The molecule has 1 heterocycles. The number of rotatable bonds is 7. The molecule has 28 heavy (non-hydrogen) atoms. The molecule has 0 aliphatic rings. The SMILES string of the molecule is CCN(Cc1ccc(OC)c(OC)c1)C(=O)c1ccc(-c2ccc(F)cc2)o1. The molecule has 0 atom stereocenters. The Balaban J connectivity index is 1.78. The number of benzene rings is 2. The van der Waals surface area contributed by atoms with Crippen molar-refractivity contribution in [2.45, 2.75) is 13.5 Å². The zero-order valence-corrected chi connectivity index (χ0v) is 16.1. The summed E-state index contributed by atoms with van der Waals surface area (Å²) in [4.78, 5) is 14.5. The molecule has 3 rings (SSSR count). The summed E-state index contributed by atoms with van der Waals surface area (Å²) in [5.41, 5.74) is 1.63. The quantitative estimate of drug-likeness (QED) is 0.590. The second-order valence-corrected chi connectivity index (χ2v) is 6.18. The summed E-state index contributed by atoms with van der Waals surface area (Å²) in [6, 6.07) is 14.8. The summed E-state index contributed by atoms with van der Waals surface area (Å²) in [5.74, 6) is 1.46. The van der Waals surface area contributed by atoms with Crippen LogP contribution in [-0.2, 0) is 6.54 Å². The molecular formula is C22H22FNO4. The third kappa shape index (κ3) is 4.17. The monoisotopic (exact) mass is 383 g/mol. The molecule has 0 aliphatic heterocycles. The molecule has 0 N–H and O–H groups in total. The topological polar surface area (TPSA) is 51.9 Å². The molecule has 0 radical (unpaired) electrons. The minimum absolute atomic E-state index is 0.217. The molecule has 0 bridgehead atoms. The van der Waals surface area contributed by atoms with Gasteiger partial charge in [-0.05, 0) is 61.0 Å². The zero-order chi connectivity index (χ0) is 20.1. The number of halogens is 1. The van der Waals surface area contributed by atoms with Crippen molar-refractivity contribution in [2.75, 3.05) is 20.8 Å². The summed E-state index contributed by atoms with van der Waals surface area (Å²) < 4.78 is 29.4. The molecule has 0 fully saturated rings. The van der Waals surface area contributed by atoms with Gasteiger partial charge in [0.1, 0.15) is 11.6 Å². The lowest BCUT2D eigenvalue weighted by Crippen LogP contribution is -2.30. The van der Waals surface area contributed by atoms with Crippen LogP contribution in [-0.4, -0.2) is 31.6 Å². The lowest BCUT2D eigenvalue weighted by atomic mass is 10.1. The smallest absolute Gasteiger partial charge is 0.289 e. The van der Waals surface area contributed by atoms with Crippen molar-refractivity contribution in [3.05, 3.63) is 71.7 Å². The first-order valence-corrected chi connectivity index (χ1v) is 8.91. The molecule has 5 nitrogen and oxygen atoms in total. The third-order valence-corrected chi connectivity index (χ3v) is 4.44. The van der Waals surface area contributed by atoms with E-state index in [9.17, 15) is 9.18 Å². The predicted molar refractivity (Wildman–Crippen MR) is 104 cm³/mol. The fourth-order valence-electron chi connectivity index (χ4n) is 2.90. The van der Waals surface area contributed by atoms with E-state index in [1.807, 2.05) is 25.1 Å². The van der Waals surface area contributed by atoms with Crippen LogP contribution >= 0.6 is 0 Å². The minimum Gasteiger partial charge on any atom is -0.493 e. The Kier molecular flexibility index (Phi) is 5.99. The van der Waals surface area contributed by atoms with Crippen LogP contribution in [0.2, 0.25) is 0 Å². The van der Waals surface area contributed by atoms with E-state index in [4.69, 9.17) is 13.9 Å². The molecule has 1 amide bonds. The maximum atomic E-state index is 13.1. The van der Waals surface area contributed by atoms with Crippen LogP contribution in [0.25, 0.3) is 11.3 Å². The van der Waals surface area contributed by atoms with Crippen LogP contribution in [0.5, 0.6) is 11.5 Å². The Hall–Kier alpha value is -3.28. The number of nitrogens with zero attached hydrogens (tertiary/aromatic N) is 1. The van der Waals surface area contributed by atoms with Gasteiger partial charge in [-0.2, -0.15) is 0 Å². The largest absolute Gasteiger partial charge is 0.493 e. The van der Waals surface area contributed by atoms with E-state index < -0.39 is 0 Å². The molecule has 0 spiro atoms. The van der Waals surface area contributed by atoms with Crippen molar-refractivity contribution in [3.63, 3.8) is 0 Å². The van der Waals surface area contributed by atoms with Crippen molar-refractivity contribution in [1.82, 2.24) is 4.90 Å². The number of furan rings is 1. The van der Waals surface area contributed by atoms with Crippen LogP contribution in [0.3, 0.4) is 0 Å². The molecular weight excluding hydrogens is 361 g/mol. The van der Waals surface area contributed by atoms with Gasteiger partial charge in [-0.1, -0.05) is 6.07 Å². The highest BCUT2D eigenvalue weighted by Crippen LogP contribution is 2.28. The molecule has 2 aromatic carbocycles. The molecule has 0 unspecified atom stereocenters. The number of methoxy groups -OCH3 is 2. The summed E-state index contributed by atoms with van der Waals surface area (Å²) in [6.07, 6.45) is 0. The Morgan fingerprint density at radius 1 is 1.00 bits per heavy atom. The van der Waals surface area contributed by atoms with E-state index in [0.29, 0.717) is 35.9 Å². The van der Waals surface area contributed by atoms with Gasteiger partial charge in [0, 0.05) is 18.7 Å². The number of hydrogen-bond donors (Lipinski definition) is 0. The van der Waals surface area contributed by atoms with E-state index in [1.54, 1.807) is 43.4 Å². The maximum absolute atomic E-state index is 13.1. The van der Waals surface area contributed by atoms with Gasteiger partial charge in [0.15, 0.2) is 17.3 Å². The average Bonchev–Trinajstić information content (AvgIpc) is 3.22. The first-order valence-electron chi connectivity index (χ1n) is 8.91.